The summed E-state index contributed by atoms with van der Waals surface area (Å²) >= 11 is 0. The van der Waals surface area contributed by atoms with Crippen LogP contribution in [0.4, 0.5) is 9.18 Å². The second-order valence-electron chi connectivity index (χ2n) is 10.5. The van der Waals surface area contributed by atoms with Gasteiger partial charge in [-0.1, -0.05) is 84.9 Å². The van der Waals surface area contributed by atoms with E-state index >= 15 is 0 Å². The van der Waals surface area contributed by atoms with Crippen molar-refractivity contribution in [2.75, 3.05) is 26.8 Å². The van der Waals surface area contributed by atoms with Gasteiger partial charge < -0.3 is 14.4 Å². The smallest absolute Gasteiger partial charge is 0.410 e. The molecule has 1 aliphatic heterocycles. The van der Waals surface area contributed by atoms with Crippen molar-refractivity contribution in [2.45, 2.75) is 18.5 Å². The highest BCUT2D eigenvalue weighted by Crippen LogP contribution is 2.44. The third kappa shape index (κ3) is 5.50. The van der Waals surface area contributed by atoms with Crippen molar-refractivity contribution >= 4 is 12.0 Å². The van der Waals surface area contributed by atoms with Crippen LogP contribution in [0.15, 0.2) is 109 Å². The highest BCUT2D eigenvalue weighted by Gasteiger charge is 2.32. The number of rotatable bonds is 6. The van der Waals surface area contributed by atoms with Crippen LogP contribution in [0.2, 0.25) is 0 Å². The van der Waals surface area contributed by atoms with Gasteiger partial charge in [0.25, 0.3) is 0 Å². The van der Waals surface area contributed by atoms with Crippen LogP contribution in [-0.4, -0.2) is 48.6 Å². The van der Waals surface area contributed by atoms with Crippen molar-refractivity contribution in [2.24, 2.45) is 0 Å². The SMILES string of the molecule is COc1ccc([C@H]2/C=C\CN(C(=O)OCC3c4ccccc4-c4ccccc43)CC(=O)N2Cc2cccc(F)c2)cc1. The van der Waals surface area contributed by atoms with Crippen LogP contribution in [0.25, 0.3) is 11.1 Å². The van der Waals surface area contributed by atoms with Crippen LogP contribution in [0.3, 0.4) is 0 Å². The summed E-state index contributed by atoms with van der Waals surface area (Å²) in [6.45, 7) is 0.408. The van der Waals surface area contributed by atoms with Crippen molar-refractivity contribution in [3.05, 3.63) is 137 Å². The van der Waals surface area contributed by atoms with Gasteiger partial charge in [0.1, 0.15) is 24.7 Å². The Kier molecular flexibility index (Phi) is 7.73. The molecule has 0 bridgehead atoms. The first-order valence-corrected chi connectivity index (χ1v) is 14.0. The van der Waals surface area contributed by atoms with Crippen molar-refractivity contribution in [1.29, 1.82) is 0 Å². The van der Waals surface area contributed by atoms with E-state index in [2.05, 4.69) is 24.3 Å². The summed E-state index contributed by atoms with van der Waals surface area (Å²) in [5.74, 6) is -0.00831. The predicted octanol–water partition coefficient (Wildman–Crippen LogP) is 6.73. The number of amides is 2. The number of hydrogen-bond donors (Lipinski definition) is 0. The number of carbonyl (C=O) groups excluding carboxylic acids is 2. The molecule has 0 saturated heterocycles. The quantitative estimate of drug-likeness (QED) is 0.245. The molecule has 0 fully saturated rings. The summed E-state index contributed by atoms with van der Waals surface area (Å²) in [6, 6.07) is 29.6. The molecule has 6 nitrogen and oxygen atoms in total. The molecule has 0 unspecified atom stereocenters. The molecular weight excluding hydrogens is 531 g/mol. The molecule has 42 heavy (non-hydrogen) atoms. The molecule has 0 spiro atoms. The Morgan fingerprint density at radius 2 is 1.60 bits per heavy atom. The average Bonchev–Trinajstić information content (AvgIpc) is 3.33. The van der Waals surface area contributed by atoms with Crippen LogP contribution < -0.4 is 4.74 Å². The number of ether oxygens (including phenoxy) is 2. The first kappa shape index (κ1) is 27.3. The van der Waals surface area contributed by atoms with Gasteiger partial charge in [-0.3, -0.25) is 9.69 Å². The van der Waals surface area contributed by atoms with Gasteiger partial charge in [0.15, 0.2) is 0 Å². The summed E-state index contributed by atoms with van der Waals surface area (Å²) in [4.78, 5) is 30.2. The predicted molar refractivity (Wildman–Crippen MR) is 158 cm³/mol. The molecule has 6 rings (SSSR count). The molecule has 0 radical (unpaired) electrons. The Morgan fingerprint density at radius 3 is 2.26 bits per heavy atom. The zero-order valence-corrected chi connectivity index (χ0v) is 23.3. The van der Waals surface area contributed by atoms with Crippen LogP contribution in [0.5, 0.6) is 5.75 Å². The minimum atomic E-state index is -0.552. The maximum absolute atomic E-state index is 14.0. The van der Waals surface area contributed by atoms with E-state index in [9.17, 15) is 14.0 Å². The summed E-state index contributed by atoms with van der Waals surface area (Å²) in [6.07, 6.45) is 3.23. The van der Waals surface area contributed by atoms with Gasteiger partial charge in [0.05, 0.1) is 13.2 Å². The fourth-order valence-corrected chi connectivity index (χ4v) is 5.83. The molecule has 0 saturated carbocycles. The van der Waals surface area contributed by atoms with E-state index in [1.165, 1.54) is 17.0 Å². The van der Waals surface area contributed by atoms with E-state index in [-0.39, 0.29) is 43.9 Å². The number of fused-ring (bicyclic) bond motifs is 3. The lowest BCUT2D eigenvalue weighted by molar-refractivity contribution is -0.134. The van der Waals surface area contributed by atoms with Gasteiger partial charge in [-0.25, -0.2) is 9.18 Å². The number of methoxy groups -OCH3 is 1. The van der Waals surface area contributed by atoms with Gasteiger partial charge >= 0.3 is 6.09 Å². The Morgan fingerprint density at radius 1 is 0.905 bits per heavy atom. The molecule has 212 valence electrons. The Bertz CT molecular complexity index is 1590. The maximum Gasteiger partial charge on any atom is 0.410 e. The van der Waals surface area contributed by atoms with Gasteiger partial charge in [0.2, 0.25) is 5.91 Å². The fourth-order valence-electron chi connectivity index (χ4n) is 5.83. The molecule has 2 aliphatic rings. The van der Waals surface area contributed by atoms with Gasteiger partial charge in [0, 0.05) is 19.0 Å². The highest BCUT2D eigenvalue weighted by molar-refractivity contribution is 5.84. The van der Waals surface area contributed by atoms with Crippen molar-refractivity contribution in [3.63, 3.8) is 0 Å². The maximum atomic E-state index is 14.0. The van der Waals surface area contributed by atoms with Crippen molar-refractivity contribution in [3.8, 4) is 16.9 Å². The average molecular weight is 563 g/mol. The van der Waals surface area contributed by atoms with Gasteiger partial charge in [-0.2, -0.15) is 0 Å². The second kappa shape index (κ2) is 11.9. The summed E-state index contributed by atoms with van der Waals surface area (Å²) < 4.78 is 25.2. The lowest BCUT2D eigenvalue weighted by Crippen LogP contribution is -2.45. The van der Waals surface area contributed by atoms with Crippen molar-refractivity contribution in [1.82, 2.24) is 9.80 Å². The number of nitrogens with zero attached hydrogens (tertiary/aromatic N) is 2. The topological polar surface area (TPSA) is 59.1 Å². The van der Waals surface area contributed by atoms with E-state index in [1.54, 1.807) is 24.1 Å². The highest BCUT2D eigenvalue weighted by atomic mass is 19.1. The van der Waals surface area contributed by atoms with Gasteiger partial charge in [-0.05, 0) is 57.6 Å². The lowest BCUT2D eigenvalue weighted by atomic mass is 9.98. The molecule has 1 heterocycles. The van der Waals surface area contributed by atoms with Crippen molar-refractivity contribution < 1.29 is 23.5 Å². The third-order valence-corrected chi connectivity index (χ3v) is 7.92. The molecule has 1 atom stereocenters. The Labute approximate surface area is 244 Å². The zero-order valence-electron chi connectivity index (χ0n) is 23.3. The zero-order chi connectivity index (χ0) is 29.1. The standard InChI is InChI=1S/C35H31FN2O4/c1-41-27-17-15-25(16-18-27)33-14-7-19-37(22-34(39)38(33)21-24-8-6-9-26(36)20-24)35(40)42-23-32-30-12-4-2-10-28(30)29-11-3-5-13-31(29)32/h2-18,20,32-33H,19,21-23H2,1H3/b14-7-/t33-/m1/s1. The fraction of sp³-hybridized carbons (Fsp3) is 0.200. The number of halogens is 1. The third-order valence-electron chi connectivity index (χ3n) is 7.92. The minimum Gasteiger partial charge on any atom is -0.497 e. The van der Waals surface area contributed by atoms with E-state index in [0.717, 1.165) is 27.8 Å². The molecule has 0 aromatic heterocycles. The first-order valence-electron chi connectivity index (χ1n) is 14.0. The largest absolute Gasteiger partial charge is 0.497 e. The molecule has 4 aromatic rings. The second-order valence-corrected chi connectivity index (χ2v) is 10.5. The van der Waals surface area contributed by atoms with E-state index < -0.39 is 12.1 Å². The summed E-state index contributed by atoms with van der Waals surface area (Å²) in [5, 5.41) is 0. The summed E-state index contributed by atoms with van der Waals surface area (Å²) in [7, 11) is 1.60. The monoisotopic (exact) mass is 562 g/mol. The van der Waals surface area contributed by atoms with Crippen LogP contribution in [0, 0.1) is 5.82 Å². The molecule has 1 aliphatic carbocycles. The Balaban J connectivity index is 1.22. The van der Waals surface area contributed by atoms with E-state index in [4.69, 9.17) is 9.47 Å². The lowest BCUT2D eigenvalue weighted by Gasteiger charge is -2.34. The summed E-state index contributed by atoms with van der Waals surface area (Å²) in [5.41, 5.74) is 6.08. The van der Waals surface area contributed by atoms with Gasteiger partial charge in [-0.15, -0.1) is 0 Å². The normalized spacial score (nSPS) is 17.2. The minimum absolute atomic E-state index is 0.0775. The van der Waals surface area contributed by atoms with E-state index in [0.29, 0.717) is 11.3 Å². The number of carbonyl (C=O) groups is 2. The number of benzene rings is 4. The van der Waals surface area contributed by atoms with Crippen LogP contribution >= 0.6 is 0 Å². The van der Waals surface area contributed by atoms with Crippen LogP contribution in [0.1, 0.15) is 34.2 Å². The molecule has 2 amide bonds. The number of hydrogen-bond acceptors (Lipinski definition) is 4. The molecular formula is C35H31FN2O4. The molecule has 0 N–H and O–H groups in total. The first-order chi connectivity index (χ1) is 20.5. The van der Waals surface area contributed by atoms with E-state index in [1.807, 2.05) is 60.7 Å². The van der Waals surface area contributed by atoms with Crippen LogP contribution in [-0.2, 0) is 16.1 Å². The molecule has 7 heteroatoms. The molecule has 4 aromatic carbocycles. The Hall–Kier alpha value is -4.91.